The zero-order valence-electron chi connectivity index (χ0n) is 11.7. The maximum absolute atomic E-state index is 11.6. The predicted molar refractivity (Wildman–Crippen MR) is 76.3 cm³/mol. The molecule has 0 aromatic heterocycles. The van der Waals surface area contributed by atoms with Crippen LogP contribution in [0, 0.1) is 0 Å². The van der Waals surface area contributed by atoms with Gasteiger partial charge in [0.05, 0.1) is 6.61 Å². The van der Waals surface area contributed by atoms with Gasteiger partial charge in [0.25, 0.3) is 0 Å². The molecule has 0 radical (unpaired) electrons. The Morgan fingerprint density at radius 2 is 1.67 bits per heavy atom. The predicted octanol–water partition coefficient (Wildman–Crippen LogP) is 0.163. The maximum atomic E-state index is 11.6. The van der Waals surface area contributed by atoms with Gasteiger partial charge in [0.2, 0.25) is 8.32 Å². The third kappa shape index (κ3) is 11.4. The van der Waals surface area contributed by atoms with Crippen LogP contribution in [0.2, 0.25) is 19.6 Å². The third-order valence-electron chi connectivity index (χ3n) is 1.68. The number of hydrogen-bond donors (Lipinski definition) is 2. The third-order valence-corrected chi connectivity index (χ3v) is 5.79. The first-order valence-electron chi connectivity index (χ1n) is 5.48. The Morgan fingerprint density at radius 3 is 2.05 bits per heavy atom. The fourth-order valence-corrected chi connectivity index (χ4v) is 4.82. The lowest BCUT2D eigenvalue weighted by Crippen LogP contribution is -2.38. The molecule has 10 nitrogen and oxygen atoms in total. The van der Waals surface area contributed by atoms with Gasteiger partial charge in [0, 0.05) is 0 Å². The second-order valence-electron chi connectivity index (χ2n) is 4.76. The van der Waals surface area contributed by atoms with Crippen LogP contribution in [0.3, 0.4) is 0 Å². The van der Waals surface area contributed by atoms with Crippen LogP contribution in [0.25, 0.3) is 0 Å². The highest BCUT2D eigenvalue weighted by molar-refractivity contribution is 7.83. The van der Waals surface area contributed by atoms with Crippen molar-refractivity contribution in [3.8, 4) is 0 Å². The van der Waals surface area contributed by atoms with Gasteiger partial charge in [0.15, 0.2) is 0 Å². The summed E-state index contributed by atoms with van der Waals surface area (Å²) in [7, 11) is -6.80. The molecule has 128 valence electrons. The van der Waals surface area contributed by atoms with Crippen LogP contribution in [0.1, 0.15) is 6.92 Å². The number of rotatable bonds is 10. The molecule has 0 saturated carbocycles. The van der Waals surface area contributed by atoms with Crippen LogP contribution in [-0.2, 0) is 49.5 Å². The Bertz CT molecular complexity index is 472. The molecule has 0 aromatic carbocycles. The summed E-state index contributed by atoms with van der Waals surface area (Å²) in [4.78, 5) is 0. The van der Waals surface area contributed by atoms with Crippen molar-refractivity contribution in [2.75, 3.05) is 6.61 Å². The summed E-state index contributed by atoms with van der Waals surface area (Å²) in [6.07, 6.45) is -2.67. The normalized spacial score (nSPS) is 19.0. The smallest absolute Gasteiger partial charge is 0.294 e. The first kappa shape index (κ1) is 21.2. The average Bonchev–Trinajstić information content (AvgIpc) is 2.18. The molecule has 0 saturated heterocycles. The second kappa shape index (κ2) is 8.75. The fraction of sp³-hybridized carbons (Fsp3) is 1.00. The monoisotopic (exact) mass is 386 g/mol. The van der Waals surface area contributed by atoms with E-state index in [1.807, 2.05) is 0 Å². The van der Waals surface area contributed by atoms with Crippen molar-refractivity contribution in [1.82, 2.24) is 0 Å². The highest BCUT2D eigenvalue weighted by Gasteiger charge is 2.31. The van der Waals surface area contributed by atoms with E-state index in [-0.39, 0.29) is 0 Å². The Kier molecular flexibility index (Phi) is 8.85. The molecule has 0 rings (SSSR count). The van der Waals surface area contributed by atoms with Gasteiger partial charge in [-0.15, -0.1) is 0 Å². The molecule has 0 amide bonds. The van der Waals surface area contributed by atoms with Crippen LogP contribution < -0.4 is 0 Å². The van der Waals surface area contributed by atoms with Gasteiger partial charge in [-0.25, -0.2) is 4.18 Å². The molecular weight excluding hydrogens is 368 g/mol. The van der Waals surface area contributed by atoms with Gasteiger partial charge in [-0.3, -0.25) is 21.3 Å². The standard InChI is InChI=1S/C7H18O10S3Si/c1-6(16-20(12,13)17-21(2,3)4)7(15-19(10)11)5-14-18(8)9/h6-7H,5H2,1-4H3,(H,8,9)(H,10,11). The van der Waals surface area contributed by atoms with E-state index in [2.05, 4.69) is 12.5 Å². The van der Waals surface area contributed by atoms with Crippen molar-refractivity contribution < 1.29 is 42.4 Å². The molecule has 4 atom stereocenters. The Balaban J connectivity index is 4.83. The molecular formula is C7H18O10S3Si. The summed E-state index contributed by atoms with van der Waals surface area (Å²) in [6.45, 7) is 5.43. The van der Waals surface area contributed by atoms with Gasteiger partial charge in [-0.05, 0) is 26.6 Å². The lowest BCUT2D eigenvalue weighted by atomic mass is 10.2. The summed E-state index contributed by atoms with van der Waals surface area (Å²) < 4.78 is 79.6. The van der Waals surface area contributed by atoms with Crippen LogP contribution in [0.15, 0.2) is 0 Å². The fourth-order valence-electron chi connectivity index (χ4n) is 1.05. The molecule has 0 spiro atoms. The second-order valence-corrected chi connectivity index (χ2v) is 12.0. The number of hydrogen-bond acceptors (Lipinski definition) is 8. The Morgan fingerprint density at radius 1 is 1.14 bits per heavy atom. The molecule has 21 heavy (non-hydrogen) atoms. The van der Waals surface area contributed by atoms with E-state index in [1.165, 1.54) is 6.92 Å². The van der Waals surface area contributed by atoms with E-state index in [9.17, 15) is 16.8 Å². The first-order chi connectivity index (χ1) is 9.32. The minimum absolute atomic E-state index is 0.640. The van der Waals surface area contributed by atoms with Crippen molar-refractivity contribution in [3.63, 3.8) is 0 Å². The zero-order valence-corrected chi connectivity index (χ0v) is 15.2. The van der Waals surface area contributed by atoms with E-state index < -0.39 is 60.3 Å². The van der Waals surface area contributed by atoms with Crippen LogP contribution in [0.4, 0.5) is 0 Å². The topological polar surface area (TPSA) is 146 Å². The van der Waals surface area contributed by atoms with Gasteiger partial charge < -0.3 is 0 Å². The van der Waals surface area contributed by atoms with Crippen LogP contribution >= 0.6 is 0 Å². The van der Waals surface area contributed by atoms with Crippen LogP contribution in [0.5, 0.6) is 0 Å². The van der Waals surface area contributed by atoms with Gasteiger partial charge in [-0.1, -0.05) is 0 Å². The minimum Gasteiger partial charge on any atom is -0.294 e. The van der Waals surface area contributed by atoms with Crippen molar-refractivity contribution in [2.45, 2.75) is 38.8 Å². The first-order valence-corrected chi connectivity index (χ1v) is 12.3. The Labute approximate surface area is 129 Å². The summed E-state index contributed by atoms with van der Waals surface area (Å²) >= 11 is -5.39. The molecule has 14 heteroatoms. The van der Waals surface area contributed by atoms with E-state index in [0.29, 0.717) is 0 Å². The zero-order chi connectivity index (χ0) is 16.8. The molecule has 0 aliphatic heterocycles. The summed E-state index contributed by atoms with van der Waals surface area (Å²) in [5.41, 5.74) is 0. The summed E-state index contributed by atoms with van der Waals surface area (Å²) in [5.74, 6) is 0. The molecule has 0 aliphatic carbocycles. The maximum Gasteiger partial charge on any atom is 0.390 e. The van der Waals surface area contributed by atoms with Crippen LogP contribution in [-0.4, -0.2) is 53.1 Å². The average molecular weight is 386 g/mol. The summed E-state index contributed by atoms with van der Waals surface area (Å²) in [6, 6.07) is 0. The SMILES string of the molecule is CC(OS(=O)(=O)O[Si](C)(C)C)C(COS(=O)O)OS(=O)O. The largest absolute Gasteiger partial charge is 0.390 e. The minimum atomic E-state index is -4.35. The van der Waals surface area contributed by atoms with Crippen molar-refractivity contribution in [1.29, 1.82) is 0 Å². The lowest BCUT2D eigenvalue weighted by Gasteiger charge is -2.23. The quantitative estimate of drug-likeness (QED) is 0.393. The van der Waals surface area contributed by atoms with E-state index in [4.69, 9.17) is 13.0 Å². The molecule has 0 fully saturated rings. The van der Waals surface area contributed by atoms with E-state index >= 15 is 0 Å². The van der Waals surface area contributed by atoms with Crippen molar-refractivity contribution >= 4 is 41.4 Å². The molecule has 0 aliphatic rings. The molecule has 2 N–H and O–H groups in total. The van der Waals surface area contributed by atoms with Gasteiger partial charge in [-0.2, -0.15) is 16.8 Å². The Hall–Kier alpha value is 0.227. The highest BCUT2D eigenvalue weighted by atomic mass is 32.3. The highest BCUT2D eigenvalue weighted by Crippen LogP contribution is 2.15. The van der Waals surface area contributed by atoms with Gasteiger partial charge in [0.1, 0.15) is 12.2 Å². The van der Waals surface area contributed by atoms with E-state index in [1.54, 1.807) is 19.6 Å². The molecule has 0 aromatic rings. The van der Waals surface area contributed by atoms with E-state index in [0.717, 1.165) is 0 Å². The molecule has 0 heterocycles. The molecule has 0 bridgehead atoms. The molecule has 4 unspecified atom stereocenters. The lowest BCUT2D eigenvalue weighted by molar-refractivity contribution is 0.0344. The summed E-state index contributed by atoms with van der Waals surface area (Å²) in [5, 5.41) is 0. The van der Waals surface area contributed by atoms with Gasteiger partial charge >= 0.3 is 33.1 Å². The van der Waals surface area contributed by atoms with Crippen molar-refractivity contribution in [2.24, 2.45) is 0 Å². The van der Waals surface area contributed by atoms with Crippen molar-refractivity contribution in [3.05, 3.63) is 0 Å².